The zero-order chi connectivity index (χ0) is 13.9. The summed E-state index contributed by atoms with van der Waals surface area (Å²) in [5.74, 6) is -0.0968. The lowest BCUT2D eigenvalue weighted by molar-refractivity contribution is -0.139. The van der Waals surface area contributed by atoms with E-state index in [2.05, 4.69) is 4.98 Å². The second-order valence-electron chi connectivity index (χ2n) is 5.77. The van der Waals surface area contributed by atoms with Gasteiger partial charge in [-0.1, -0.05) is 19.3 Å². The summed E-state index contributed by atoms with van der Waals surface area (Å²) in [6.45, 7) is 0. The number of carboxylic acid groups (broad SMARTS) is 1. The first-order valence-electron chi connectivity index (χ1n) is 7.57. The Hall–Kier alpha value is -0.550. The number of hydrogen-bond acceptors (Lipinski definition) is 4. The molecule has 3 rings (SSSR count). The first-order chi connectivity index (χ1) is 9.74. The van der Waals surface area contributed by atoms with E-state index in [1.54, 1.807) is 11.3 Å². The van der Waals surface area contributed by atoms with Gasteiger partial charge in [0.15, 0.2) is 0 Å². The van der Waals surface area contributed by atoms with E-state index in [9.17, 15) is 9.90 Å². The third-order valence-corrected chi connectivity index (χ3v) is 6.99. The number of fused-ring (bicyclic) bond motifs is 1. The highest BCUT2D eigenvalue weighted by Crippen LogP contribution is 2.37. The van der Waals surface area contributed by atoms with E-state index >= 15 is 0 Å². The molecule has 0 bridgehead atoms. The second-order valence-corrected chi connectivity index (χ2v) is 8.23. The maximum absolute atomic E-state index is 11.3. The van der Waals surface area contributed by atoms with Crippen LogP contribution in [0.2, 0.25) is 0 Å². The first kappa shape index (κ1) is 14.4. The molecule has 5 heteroatoms. The van der Waals surface area contributed by atoms with Gasteiger partial charge in [0.1, 0.15) is 5.01 Å². The van der Waals surface area contributed by atoms with Gasteiger partial charge in [0.25, 0.3) is 0 Å². The van der Waals surface area contributed by atoms with Crippen molar-refractivity contribution < 1.29 is 9.90 Å². The van der Waals surface area contributed by atoms with Crippen molar-refractivity contribution in [3.8, 4) is 0 Å². The predicted molar refractivity (Wildman–Crippen MR) is 83.6 cm³/mol. The van der Waals surface area contributed by atoms with E-state index in [0.29, 0.717) is 0 Å². The van der Waals surface area contributed by atoms with Crippen molar-refractivity contribution in [2.24, 2.45) is 0 Å². The molecule has 0 spiro atoms. The molecule has 1 N–H and O–H groups in total. The monoisotopic (exact) mass is 311 g/mol. The van der Waals surface area contributed by atoms with Crippen LogP contribution in [-0.2, 0) is 17.0 Å². The lowest BCUT2D eigenvalue weighted by atomic mass is 9.91. The van der Waals surface area contributed by atoms with Crippen LogP contribution in [0.3, 0.4) is 0 Å². The molecule has 1 aromatic heterocycles. The Balaban J connectivity index is 1.64. The van der Waals surface area contributed by atoms with Gasteiger partial charge in [-0.15, -0.1) is 11.3 Å². The molecular formula is C15H21NO2S2. The number of thiazole rings is 1. The summed E-state index contributed by atoms with van der Waals surface area (Å²) in [4.78, 5) is 17.2. The average molecular weight is 311 g/mol. The largest absolute Gasteiger partial charge is 0.481 e. The van der Waals surface area contributed by atoms with Crippen LogP contribution in [-0.4, -0.2) is 21.3 Å². The van der Waals surface area contributed by atoms with E-state index in [4.69, 9.17) is 0 Å². The van der Waals surface area contributed by atoms with Gasteiger partial charge in [0, 0.05) is 15.9 Å². The Bertz CT molecular complexity index is 480. The molecular weight excluding hydrogens is 290 g/mol. The number of carboxylic acids is 1. The molecule has 1 heterocycles. The van der Waals surface area contributed by atoms with Crippen molar-refractivity contribution in [1.29, 1.82) is 0 Å². The molecule has 0 saturated heterocycles. The number of aromatic nitrogens is 1. The summed E-state index contributed by atoms with van der Waals surface area (Å²) in [6, 6.07) is 0. The SMILES string of the molecule is O=C(O)C1CCCc2sc(CSC3CCCCC3)nc21. The Kier molecular flexibility index (Phi) is 4.66. The minimum absolute atomic E-state index is 0.358. The molecule has 110 valence electrons. The Labute approximate surface area is 128 Å². The molecule has 0 radical (unpaired) electrons. The third kappa shape index (κ3) is 3.19. The predicted octanol–water partition coefficient (Wildman–Crippen LogP) is 4.21. The maximum atomic E-state index is 11.3. The van der Waals surface area contributed by atoms with Gasteiger partial charge in [-0.05, 0) is 32.1 Å². The van der Waals surface area contributed by atoms with Crippen molar-refractivity contribution >= 4 is 29.1 Å². The van der Waals surface area contributed by atoms with Gasteiger partial charge in [0.05, 0.1) is 11.6 Å². The van der Waals surface area contributed by atoms with Gasteiger partial charge < -0.3 is 5.11 Å². The van der Waals surface area contributed by atoms with Gasteiger partial charge >= 0.3 is 5.97 Å². The van der Waals surface area contributed by atoms with E-state index in [1.807, 2.05) is 11.8 Å². The van der Waals surface area contributed by atoms with E-state index < -0.39 is 5.97 Å². The average Bonchev–Trinajstić information content (AvgIpc) is 2.88. The molecule has 0 aromatic carbocycles. The highest BCUT2D eigenvalue weighted by atomic mass is 32.2. The second kappa shape index (κ2) is 6.48. The number of aliphatic carboxylic acids is 1. The molecule has 1 atom stereocenters. The Morgan fingerprint density at radius 1 is 1.25 bits per heavy atom. The van der Waals surface area contributed by atoms with E-state index in [-0.39, 0.29) is 5.92 Å². The number of rotatable bonds is 4. The summed E-state index contributed by atoms with van der Waals surface area (Å²) < 4.78 is 0. The quantitative estimate of drug-likeness (QED) is 0.905. The lowest BCUT2D eigenvalue weighted by Gasteiger charge is -2.20. The Morgan fingerprint density at radius 2 is 2.05 bits per heavy atom. The number of aryl methyl sites for hydroxylation is 1. The fourth-order valence-electron chi connectivity index (χ4n) is 3.19. The molecule has 0 aliphatic heterocycles. The number of carbonyl (C=O) groups is 1. The molecule has 1 fully saturated rings. The molecule has 1 unspecified atom stereocenters. The number of thioether (sulfide) groups is 1. The third-order valence-electron chi connectivity index (χ3n) is 4.29. The number of nitrogens with zero attached hydrogens (tertiary/aromatic N) is 1. The molecule has 1 saturated carbocycles. The van der Waals surface area contributed by atoms with Crippen molar-refractivity contribution in [3.63, 3.8) is 0 Å². The van der Waals surface area contributed by atoms with Crippen LogP contribution >= 0.6 is 23.1 Å². The maximum Gasteiger partial charge on any atom is 0.312 e. The van der Waals surface area contributed by atoms with Gasteiger partial charge in [-0.2, -0.15) is 11.8 Å². The molecule has 2 aliphatic carbocycles. The van der Waals surface area contributed by atoms with Crippen LogP contribution in [0, 0.1) is 0 Å². The molecule has 0 amide bonds. The molecule has 20 heavy (non-hydrogen) atoms. The van der Waals surface area contributed by atoms with Crippen molar-refractivity contribution in [2.75, 3.05) is 0 Å². The summed E-state index contributed by atoms with van der Waals surface area (Å²) in [5.41, 5.74) is 0.869. The number of hydrogen-bond donors (Lipinski definition) is 1. The highest BCUT2D eigenvalue weighted by molar-refractivity contribution is 7.99. The first-order valence-corrected chi connectivity index (χ1v) is 9.43. The van der Waals surface area contributed by atoms with Crippen LogP contribution < -0.4 is 0 Å². The van der Waals surface area contributed by atoms with Crippen LogP contribution in [0.4, 0.5) is 0 Å². The van der Waals surface area contributed by atoms with E-state index in [1.165, 1.54) is 37.0 Å². The normalized spacial score (nSPS) is 23.5. The molecule has 1 aromatic rings. The zero-order valence-corrected chi connectivity index (χ0v) is 13.3. The summed E-state index contributed by atoms with van der Waals surface area (Å²) in [7, 11) is 0. The summed E-state index contributed by atoms with van der Waals surface area (Å²) >= 11 is 3.77. The Morgan fingerprint density at radius 3 is 2.80 bits per heavy atom. The summed E-state index contributed by atoms with van der Waals surface area (Å²) in [6.07, 6.45) is 9.57. The zero-order valence-electron chi connectivity index (χ0n) is 11.6. The van der Waals surface area contributed by atoms with E-state index in [0.717, 1.165) is 41.0 Å². The molecule has 2 aliphatic rings. The van der Waals surface area contributed by atoms with Crippen LogP contribution in [0.25, 0.3) is 0 Å². The fourth-order valence-corrected chi connectivity index (χ4v) is 5.71. The standard InChI is InChI=1S/C15H21NO2S2/c17-15(18)11-7-4-8-12-14(11)16-13(20-12)9-19-10-5-2-1-3-6-10/h10-11H,1-9H2,(H,17,18). The van der Waals surface area contributed by atoms with Crippen LogP contribution in [0.1, 0.15) is 66.4 Å². The van der Waals surface area contributed by atoms with Crippen LogP contribution in [0.15, 0.2) is 0 Å². The topological polar surface area (TPSA) is 50.2 Å². The minimum atomic E-state index is -0.706. The minimum Gasteiger partial charge on any atom is -0.481 e. The highest BCUT2D eigenvalue weighted by Gasteiger charge is 2.30. The van der Waals surface area contributed by atoms with Crippen molar-refractivity contribution in [1.82, 2.24) is 4.98 Å². The lowest BCUT2D eigenvalue weighted by Crippen LogP contribution is -2.17. The van der Waals surface area contributed by atoms with Crippen LogP contribution in [0.5, 0.6) is 0 Å². The van der Waals surface area contributed by atoms with Gasteiger partial charge in [-0.3, -0.25) is 4.79 Å². The van der Waals surface area contributed by atoms with Gasteiger partial charge in [0.2, 0.25) is 0 Å². The van der Waals surface area contributed by atoms with Gasteiger partial charge in [-0.25, -0.2) is 4.98 Å². The van der Waals surface area contributed by atoms with Crippen molar-refractivity contribution in [3.05, 3.63) is 15.6 Å². The smallest absolute Gasteiger partial charge is 0.312 e. The summed E-state index contributed by atoms with van der Waals surface area (Å²) in [5, 5.41) is 11.2. The molecule has 3 nitrogen and oxygen atoms in total. The fraction of sp³-hybridized carbons (Fsp3) is 0.733. The van der Waals surface area contributed by atoms with Crippen molar-refractivity contribution in [2.45, 2.75) is 68.3 Å².